The Morgan fingerprint density at radius 3 is 2.09 bits per heavy atom. The lowest BCUT2D eigenvalue weighted by Gasteiger charge is -2.36. The fraction of sp³-hybridized carbons (Fsp3) is 0.375. The first-order valence-electron chi connectivity index (χ1n) is 10.9. The molecule has 1 aliphatic heterocycles. The maximum atomic E-state index is 13.5. The minimum absolute atomic E-state index is 0.0151. The lowest BCUT2D eigenvalue weighted by Crippen LogP contribution is -2.57. The quantitative estimate of drug-likeness (QED) is 0.693. The summed E-state index contributed by atoms with van der Waals surface area (Å²) < 4.78 is 26.9. The highest BCUT2D eigenvalue weighted by Crippen LogP contribution is 2.19. The van der Waals surface area contributed by atoms with Crippen molar-refractivity contribution in [2.75, 3.05) is 26.2 Å². The molecule has 8 nitrogen and oxygen atoms in total. The molecule has 1 unspecified atom stereocenters. The molecule has 0 aliphatic carbocycles. The van der Waals surface area contributed by atoms with E-state index >= 15 is 0 Å². The topological polar surface area (TPSA) is 104 Å². The number of carbonyl (C=O) groups excluding carboxylic acids is 3. The zero-order valence-corrected chi connectivity index (χ0v) is 19.9. The molecule has 0 saturated carbocycles. The van der Waals surface area contributed by atoms with Gasteiger partial charge in [-0.25, -0.2) is 8.42 Å². The van der Waals surface area contributed by atoms with Gasteiger partial charge in [-0.05, 0) is 38.1 Å². The van der Waals surface area contributed by atoms with Gasteiger partial charge < -0.3 is 15.1 Å². The van der Waals surface area contributed by atoms with Gasteiger partial charge in [-0.2, -0.15) is 0 Å². The third-order valence-electron chi connectivity index (χ3n) is 5.67. The molecule has 9 heteroatoms. The standard InChI is InChI=1S/C24H29N3O5S/c1-4-21(28)26-12-14-27(15-13-26)24(30)23(25-22(29)19-7-5-6-18(3)16-19)33(31,32)20-10-8-17(2)9-11-20/h5-11,16,23H,4,12-15H2,1-3H3,(H,25,29). The van der Waals surface area contributed by atoms with Crippen LogP contribution in [0.2, 0.25) is 0 Å². The first-order valence-corrected chi connectivity index (χ1v) is 12.4. The second-order valence-electron chi connectivity index (χ2n) is 8.14. The molecule has 3 amide bonds. The number of hydrogen-bond donors (Lipinski definition) is 1. The van der Waals surface area contributed by atoms with E-state index in [1.165, 1.54) is 17.0 Å². The van der Waals surface area contributed by atoms with Crippen molar-refractivity contribution < 1.29 is 22.8 Å². The third-order valence-corrected chi connectivity index (χ3v) is 7.54. The summed E-state index contributed by atoms with van der Waals surface area (Å²) in [5.74, 6) is -1.37. The maximum Gasteiger partial charge on any atom is 0.261 e. The Morgan fingerprint density at radius 1 is 0.909 bits per heavy atom. The SMILES string of the molecule is CCC(=O)N1CCN(C(=O)C(NC(=O)c2cccc(C)c2)S(=O)(=O)c2ccc(C)cc2)CC1. The van der Waals surface area contributed by atoms with Crippen LogP contribution in [0.15, 0.2) is 53.4 Å². The molecule has 1 N–H and O–H groups in total. The number of benzene rings is 2. The highest BCUT2D eigenvalue weighted by Gasteiger charge is 2.39. The monoisotopic (exact) mass is 471 g/mol. The molecule has 2 aromatic rings. The summed E-state index contributed by atoms with van der Waals surface area (Å²) >= 11 is 0. The number of nitrogens with zero attached hydrogens (tertiary/aromatic N) is 2. The van der Waals surface area contributed by atoms with E-state index in [9.17, 15) is 22.8 Å². The van der Waals surface area contributed by atoms with Gasteiger partial charge in [0.15, 0.2) is 0 Å². The molecule has 176 valence electrons. The van der Waals surface area contributed by atoms with Crippen molar-refractivity contribution >= 4 is 27.6 Å². The van der Waals surface area contributed by atoms with Crippen LogP contribution in [-0.4, -0.2) is 67.5 Å². The summed E-state index contributed by atoms with van der Waals surface area (Å²) in [6.07, 6.45) is 0.366. The van der Waals surface area contributed by atoms with Crippen LogP contribution >= 0.6 is 0 Å². The number of carbonyl (C=O) groups is 3. The molecule has 2 aromatic carbocycles. The number of piperazine rings is 1. The first kappa shape index (κ1) is 24.4. The summed E-state index contributed by atoms with van der Waals surface area (Å²) in [5.41, 5.74) is 1.98. The Kier molecular flexibility index (Phi) is 7.53. The average molecular weight is 472 g/mol. The Labute approximate surface area is 194 Å². The molecule has 1 aliphatic rings. The normalized spacial score (nSPS) is 15.1. The number of nitrogens with one attached hydrogen (secondary N) is 1. The zero-order valence-electron chi connectivity index (χ0n) is 19.1. The fourth-order valence-corrected chi connectivity index (χ4v) is 5.15. The third kappa shape index (κ3) is 5.60. The Bertz CT molecular complexity index is 1140. The molecule has 0 spiro atoms. The lowest BCUT2D eigenvalue weighted by molar-refractivity contribution is -0.139. The van der Waals surface area contributed by atoms with E-state index in [0.29, 0.717) is 19.5 Å². The van der Waals surface area contributed by atoms with Crippen LogP contribution in [0.5, 0.6) is 0 Å². The van der Waals surface area contributed by atoms with Crippen molar-refractivity contribution in [2.24, 2.45) is 0 Å². The van der Waals surface area contributed by atoms with Crippen LogP contribution in [0.3, 0.4) is 0 Å². The van der Waals surface area contributed by atoms with Crippen molar-refractivity contribution in [3.05, 3.63) is 65.2 Å². The van der Waals surface area contributed by atoms with Crippen molar-refractivity contribution in [1.29, 1.82) is 0 Å². The second kappa shape index (κ2) is 10.2. The van der Waals surface area contributed by atoms with Crippen molar-refractivity contribution in [1.82, 2.24) is 15.1 Å². The molecule has 0 radical (unpaired) electrons. The summed E-state index contributed by atoms with van der Waals surface area (Å²) in [4.78, 5) is 41.3. The molecule has 1 heterocycles. The highest BCUT2D eigenvalue weighted by atomic mass is 32.2. The van der Waals surface area contributed by atoms with Crippen LogP contribution in [0, 0.1) is 13.8 Å². The van der Waals surface area contributed by atoms with E-state index in [0.717, 1.165) is 11.1 Å². The van der Waals surface area contributed by atoms with Gasteiger partial charge in [0.1, 0.15) is 0 Å². The molecule has 33 heavy (non-hydrogen) atoms. The second-order valence-corrected chi connectivity index (χ2v) is 10.2. The van der Waals surface area contributed by atoms with Gasteiger partial charge in [0.05, 0.1) is 4.90 Å². The molecule has 0 aromatic heterocycles. The molecule has 1 atom stereocenters. The van der Waals surface area contributed by atoms with Crippen LogP contribution < -0.4 is 5.32 Å². The highest BCUT2D eigenvalue weighted by molar-refractivity contribution is 7.92. The minimum atomic E-state index is -4.22. The van der Waals surface area contributed by atoms with Crippen LogP contribution in [-0.2, 0) is 19.4 Å². The maximum absolute atomic E-state index is 13.5. The van der Waals surface area contributed by atoms with Gasteiger partial charge in [-0.15, -0.1) is 0 Å². The predicted octanol–water partition coefficient (Wildman–Crippen LogP) is 1.91. The van der Waals surface area contributed by atoms with Gasteiger partial charge >= 0.3 is 0 Å². The zero-order chi connectivity index (χ0) is 24.2. The van der Waals surface area contributed by atoms with E-state index < -0.39 is 27.0 Å². The summed E-state index contributed by atoms with van der Waals surface area (Å²) in [5, 5.41) is 0.681. The molecule has 1 fully saturated rings. The predicted molar refractivity (Wildman–Crippen MR) is 124 cm³/mol. The number of hydrogen-bond acceptors (Lipinski definition) is 5. The smallest absolute Gasteiger partial charge is 0.261 e. The molecular weight excluding hydrogens is 442 g/mol. The van der Waals surface area contributed by atoms with E-state index in [-0.39, 0.29) is 29.5 Å². The number of amides is 3. The van der Waals surface area contributed by atoms with Gasteiger partial charge in [0.25, 0.3) is 11.8 Å². The minimum Gasteiger partial charge on any atom is -0.339 e. The van der Waals surface area contributed by atoms with Crippen LogP contribution in [0.1, 0.15) is 34.8 Å². The Morgan fingerprint density at radius 2 is 1.52 bits per heavy atom. The molecular formula is C24H29N3O5S. The first-order chi connectivity index (χ1) is 15.6. The molecule has 0 bridgehead atoms. The van der Waals surface area contributed by atoms with Gasteiger partial charge in [0.2, 0.25) is 21.1 Å². The number of aryl methyl sites for hydroxylation is 2. The van der Waals surface area contributed by atoms with Crippen molar-refractivity contribution in [3.63, 3.8) is 0 Å². The van der Waals surface area contributed by atoms with Gasteiger partial charge in [-0.1, -0.05) is 42.3 Å². The average Bonchev–Trinajstić information content (AvgIpc) is 2.81. The van der Waals surface area contributed by atoms with Crippen LogP contribution in [0.4, 0.5) is 0 Å². The largest absolute Gasteiger partial charge is 0.339 e. The summed E-state index contributed by atoms with van der Waals surface area (Å²) in [6.45, 7) is 6.46. The van der Waals surface area contributed by atoms with E-state index in [4.69, 9.17) is 0 Å². The fourth-order valence-electron chi connectivity index (χ4n) is 3.69. The van der Waals surface area contributed by atoms with Gasteiger partial charge in [-0.3, -0.25) is 14.4 Å². The van der Waals surface area contributed by atoms with Crippen LogP contribution in [0.25, 0.3) is 0 Å². The van der Waals surface area contributed by atoms with Gasteiger partial charge in [0, 0.05) is 38.2 Å². The van der Waals surface area contributed by atoms with Crippen molar-refractivity contribution in [3.8, 4) is 0 Å². The summed E-state index contributed by atoms with van der Waals surface area (Å²) in [6, 6.07) is 12.9. The van der Waals surface area contributed by atoms with E-state index in [2.05, 4.69) is 5.32 Å². The van der Waals surface area contributed by atoms with E-state index in [1.54, 1.807) is 42.2 Å². The Balaban J connectivity index is 1.89. The van der Waals surface area contributed by atoms with E-state index in [1.807, 2.05) is 19.9 Å². The van der Waals surface area contributed by atoms with Crippen molar-refractivity contribution in [2.45, 2.75) is 37.5 Å². The molecule has 3 rings (SSSR count). The summed E-state index contributed by atoms with van der Waals surface area (Å²) in [7, 11) is -4.22. The number of rotatable bonds is 6. The number of sulfone groups is 1. The lowest BCUT2D eigenvalue weighted by atomic mass is 10.1. The Hall–Kier alpha value is -3.20. The molecule has 1 saturated heterocycles.